The average molecular weight is 305 g/mol. The predicted molar refractivity (Wildman–Crippen MR) is 78.8 cm³/mol. The van der Waals surface area contributed by atoms with Crippen molar-refractivity contribution < 1.29 is 13.2 Å². The standard InChI is InChI=1S/C13H27N3O3S/c1-11(2)14-9-13-5-3-4-7-16(13)20(17,18)15-12-6-8-19-10-12/h11-15H,3-10H2,1-2H3. The maximum Gasteiger partial charge on any atom is 0.280 e. The van der Waals surface area contributed by atoms with E-state index in [9.17, 15) is 8.42 Å². The summed E-state index contributed by atoms with van der Waals surface area (Å²) in [5.74, 6) is 0. The van der Waals surface area contributed by atoms with Gasteiger partial charge in [0.15, 0.2) is 0 Å². The number of piperidine rings is 1. The number of rotatable bonds is 6. The molecule has 2 N–H and O–H groups in total. The molecule has 0 spiro atoms. The molecule has 0 radical (unpaired) electrons. The molecule has 0 aromatic carbocycles. The van der Waals surface area contributed by atoms with E-state index in [1.165, 1.54) is 0 Å². The van der Waals surface area contributed by atoms with Crippen LogP contribution in [0, 0.1) is 0 Å². The van der Waals surface area contributed by atoms with Crippen LogP contribution in [0.1, 0.15) is 39.5 Å². The molecule has 0 aromatic rings. The molecule has 0 amide bonds. The number of nitrogens with zero attached hydrogens (tertiary/aromatic N) is 1. The molecule has 0 aromatic heterocycles. The van der Waals surface area contributed by atoms with Crippen molar-refractivity contribution in [1.29, 1.82) is 0 Å². The monoisotopic (exact) mass is 305 g/mol. The Labute approximate surface area is 122 Å². The van der Waals surface area contributed by atoms with Crippen LogP contribution in [0.5, 0.6) is 0 Å². The van der Waals surface area contributed by atoms with Crippen molar-refractivity contribution in [2.24, 2.45) is 0 Å². The van der Waals surface area contributed by atoms with Gasteiger partial charge in [0.05, 0.1) is 6.61 Å². The Hall–Kier alpha value is -0.210. The molecule has 0 bridgehead atoms. The number of ether oxygens (including phenoxy) is 1. The lowest BCUT2D eigenvalue weighted by Gasteiger charge is -2.35. The molecular weight excluding hydrogens is 278 g/mol. The SMILES string of the molecule is CC(C)NCC1CCCCN1S(=O)(=O)NC1CCOC1. The first kappa shape index (κ1) is 16.2. The van der Waals surface area contributed by atoms with E-state index in [4.69, 9.17) is 4.74 Å². The first-order valence-electron chi connectivity index (χ1n) is 7.59. The lowest BCUT2D eigenvalue weighted by atomic mass is 10.0. The maximum absolute atomic E-state index is 12.5. The van der Waals surface area contributed by atoms with E-state index < -0.39 is 10.2 Å². The van der Waals surface area contributed by atoms with E-state index in [0.717, 1.165) is 32.2 Å². The van der Waals surface area contributed by atoms with E-state index in [-0.39, 0.29) is 12.1 Å². The predicted octanol–water partition coefficient (Wildman–Crippen LogP) is 0.462. The van der Waals surface area contributed by atoms with E-state index in [1.54, 1.807) is 4.31 Å². The van der Waals surface area contributed by atoms with Gasteiger partial charge >= 0.3 is 0 Å². The summed E-state index contributed by atoms with van der Waals surface area (Å²) in [6.07, 6.45) is 3.74. The van der Waals surface area contributed by atoms with Crippen molar-refractivity contribution in [3.05, 3.63) is 0 Å². The zero-order chi connectivity index (χ0) is 14.6. The molecule has 2 rings (SSSR count). The van der Waals surface area contributed by atoms with Crippen LogP contribution >= 0.6 is 0 Å². The van der Waals surface area contributed by atoms with Gasteiger partial charge in [-0.15, -0.1) is 0 Å². The van der Waals surface area contributed by atoms with Gasteiger partial charge in [-0.2, -0.15) is 17.4 Å². The first-order chi connectivity index (χ1) is 9.49. The number of hydrogen-bond acceptors (Lipinski definition) is 4. The fourth-order valence-electron chi connectivity index (χ4n) is 2.77. The fourth-order valence-corrected chi connectivity index (χ4v) is 4.46. The summed E-state index contributed by atoms with van der Waals surface area (Å²) < 4.78 is 34.7. The van der Waals surface area contributed by atoms with Crippen LogP contribution in [-0.2, 0) is 14.9 Å². The Kier molecular flexibility index (Phi) is 5.80. The molecule has 2 fully saturated rings. The lowest BCUT2D eigenvalue weighted by molar-refractivity contribution is 0.191. The van der Waals surface area contributed by atoms with Crippen LogP contribution in [0.3, 0.4) is 0 Å². The topological polar surface area (TPSA) is 70.7 Å². The van der Waals surface area contributed by atoms with Crippen LogP contribution in [0.4, 0.5) is 0 Å². The van der Waals surface area contributed by atoms with E-state index in [0.29, 0.717) is 25.8 Å². The van der Waals surface area contributed by atoms with E-state index >= 15 is 0 Å². The van der Waals surface area contributed by atoms with E-state index in [1.807, 2.05) is 0 Å². The van der Waals surface area contributed by atoms with Crippen LogP contribution in [-0.4, -0.2) is 57.2 Å². The Morgan fingerprint density at radius 3 is 2.75 bits per heavy atom. The van der Waals surface area contributed by atoms with Crippen LogP contribution in [0.2, 0.25) is 0 Å². The molecule has 0 aliphatic carbocycles. The third-order valence-electron chi connectivity index (χ3n) is 3.89. The lowest BCUT2D eigenvalue weighted by Crippen LogP contribution is -2.54. The van der Waals surface area contributed by atoms with Gasteiger partial charge in [0.1, 0.15) is 0 Å². The van der Waals surface area contributed by atoms with Crippen molar-refractivity contribution in [3.63, 3.8) is 0 Å². The van der Waals surface area contributed by atoms with Crippen molar-refractivity contribution >= 4 is 10.2 Å². The molecule has 2 unspecified atom stereocenters. The Bertz CT molecular complexity index is 394. The summed E-state index contributed by atoms with van der Waals surface area (Å²) in [6, 6.07) is 0.365. The fraction of sp³-hybridized carbons (Fsp3) is 1.00. The molecule has 2 atom stereocenters. The second kappa shape index (κ2) is 7.17. The average Bonchev–Trinajstić information content (AvgIpc) is 2.88. The summed E-state index contributed by atoms with van der Waals surface area (Å²) >= 11 is 0. The highest BCUT2D eigenvalue weighted by atomic mass is 32.2. The van der Waals surface area contributed by atoms with Gasteiger partial charge in [0, 0.05) is 37.8 Å². The van der Waals surface area contributed by atoms with Crippen LogP contribution in [0.15, 0.2) is 0 Å². The summed E-state index contributed by atoms with van der Waals surface area (Å²) in [7, 11) is -3.40. The van der Waals surface area contributed by atoms with Gasteiger partial charge in [0.2, 0.25) is 0 Å². The minimum Gasteiger partial charge on any atom is -0.380 e. The molecule has 118 valence electrons. The first-order valence-corrected chi connectivity index (χ1v) is 9.03. The third-order valence-corrected chi connectivity index (χ3v) is 5.62. The smallest absolute Gasteiger partial charge is 0.280 e. The number of nitrogens with one attached hydrogen (secondary N) is 2. The van der Waals surface area contributed by atoms with Gasteiger partial charge in [-0.1, -0.05) is 20.3 Å². The molecule has 6 nitrogen and oxygen atoms in total. The van der Waals surface area contributed by atoms with Gasteiger partial charge in [-0.3, -0.25) is 0 Å². The van der Waals surface area contributed by atoms with Gasteiger partial charge in [0.25, 0.3) is 10.2 Å². The summed E-state index contributed by atoms with van der Waals surface area (Å²) in [5, 5.41) is 3.35. The highest BCUT2D eigenvalue weighted by Gasteiger charge is 2.34. The number of hydrogen-bond donors (Lipinski definition) is 2. The van der Waals surface area contributed by atoms with Gasteiger partial charge in [-0.05, 0) is 19.3 Å². The van der Waals surface area contributed by atoms with E-state index in [2.05, 4.69) is 23.9 Å². The molecule has 2 saturated heterocycles. The minimum absolute atomic E-state index is 0.0611. The van der Waals surface area contributed by atoms with Gasteiger partial charge < -0.3 is 10.1 Å². The molecule has 2 aliphatic heterocycles. The van der Waals surface area contributed by atoms with Crippen molar-refractivity contribution in [2.75, 3.05) is 26.3 Å². The highest BCUT2D eigenvalue weighted by Crippen LogP contribution is 2.20. The normalized spacial score (nSPS) is 29.1. The molecule has 20 heavy (non-hydrogen) atoms. The molecular formula is C13H27N3O3S. The summed E-state index contributed by atoms with van der Waals surface area (Å²) in [6.45, 7) is 6.63. The Balaban J connectivity index is 1.97. The zero-order valence-corrected chi connectivity index (χ0v) is 13.3. The molecule has 2 aliphatic rings. The molecule has 7 heteroatoms. The molecule has 2 heterocycles. The largest absolute Gasteiger partial charge is 0.380 e. The quantitative estimate of drug-likeness (QED) is 0.748. The highest BCUT2D eigenvalue weighted by molar-refractivity contribution is 7.87. The van der Waals surface area contributed by atoms with Crippen LogP contribution < -0.4 is 10.0 Å². The maximum atomic E-state index is 12.5. The second-order valence-electron chi connectivity index (χ2n) is 6.01. The Morgan fingerprint density at radius 1 is 1.30 bits per heavy atom. The van der Waals surface area contributed by atoms with Gasteiger partial charge in [-0.25, -0.2) is 0 Å². The van der Waals surface area contributed by atoms with Crippen molar-refractivity contribution in [1.82, 2.24) is 14.3 Å². The second-order valence-corrected chi connectivity index (χ2v) is 7.66. The van der Waals surface area contributed by atoms with Crippen molar-refractivity contribution in [3.8, 4) is 0 Å². The minimum atomic E-state index is -3.40. The van der Waals surface area contributed by atoms with Crippen molar-refractivity contribution in [2.45, 2.75) is 57.7 Å². The summed E-state index contributed by atoms with van der Waals surface area (Å²) in [4.78, 5) is 0. The zero-order valence-electron chi connectivity index (χ0n) is 12.5. The van der Waals surface area contributed by atoms with Crippen LogP contribution in [0.25, 0.3) is 0 Å². The summed E-state index contributed by atoms with van der Waals surface area (Å²) in [5.41, 5.74) is 0. The Morgan fingerprint density at radius 2 is 2.10 bits per heavy atom. The third kappa shape index (κ3) is 4.39. The molecule has 0 saturated carbocycles.